The highest BCUT2D eigenvalue weighted by Gasteiger charge is 2.21. The van der Waals surface area contributed by atoms with Crippen molar-refractivity contribution in [3.63, 3.8) is 0 Å². The lowest BCUT2D eigenvalue weighted by atomic mass is 10.1. The topological polar surface area (TPSA) is 90.0 Å². The lowest BCUT2D eigenvalue weighted by Crippen LogP contribution is -2.24. The monoisotopic (exact) mass is 400 g/mol. The average Bonchev–Trinajstić information content (AvgIpc) is 3.26. The number of rotatable bonds is 6. The third-order valence-electron chi connectivity index (χ3n) is 4.26. The number of hydrogen-bond donors (Lipinski definition) is 2. The van der Waals surface area contributed by atoms with Gasteiger partial charge in [-0.2, -0.15) is 0 Å². The summed E-state index contributed by atoms with van der Waals surface area (Å²) in [6.45, 7) is 5.94. The van der Waals surface area contributed by atoms with E-state index in [1.165, 1.54) is 34.2 Å². The predicted octanol–water partition coefficient (Wildman–Crippen LogP) is 3.77. The summed E-state index contributed by atoms with van der Waals surface area (Å²) in [4.78, 5) is 28.4. The molecule has 1 aromatic carbocycles. The van der Waals surface area contributed by atoms with Gasteiger partial charge in [-0.25, -0.2) is 4.98 Å². The molecule has 3 aromatic rings. The van der Waals surface area contributed by atoms with E-state index in [0.29, 0.717) is 10.6 Å². The van der Waals surface area contributed by atoms with Crippen LogP contribution in [0.4, 0.5) is 5.00 Å². The van der Waals surface area contributed by atoms with Crippen molar-refractivity contribution in [3.05, 3.63) is 58.7 Å². The van der Waals surface area contributed by atoms with Crippen LogP contribution in [-0.4, -0.2) is 26.6 Å². The maximum atomic E-state index is 12.6. The zero-order valence-corrected chi connectivity index (χ0v) is 16.9. The molecule has 0 spiro atoms. The average molecular weight is 401 g/mol. The van der Waals surface area contributed by atoms with Crippen molar-refractivity contribution < 1.29 is 9.59 Å². The number of thioether (sulfide) groups is 1. The Hall–Kier alpha value is -2.58. The molecule has 2 amide bonds. The fourth-order valence-electron chi connectivity index (χ4n) is 2.58. The smallest absolute Gasteiger partial charge is 0.251 e. The lowest BCUT2D eigenvalue weighted by molar-refractivity contribution is -0.115. The van der Waals surface area contributed by atoms with Crippen molar-refractivity contribution >= 4 is 39.9 Å². The number of carbonyl (C=O) groups excluding carboxylic acids is 2. The van der Waals surface area contributed by atoms with Crippen LogP contribution < -0.4 is 11.1 Å². The number of amides is 2. The third-order valence-corrected chi connectivity index (χ3v) is 6.17. The molecule has 0 aliphatic rings. The molecule has 0 saturated carbocycles. The molecule has 6 nitrogen and oxygen atoms in total. The Morgan fingerprint density at radius 1 is 1.30 bits per heavy atom. The molecule has 0 fully saturated rings. The molecule has 3 rings (SSSR count). The van der Waals surface area contributed by atoms with Gasteiger partial charge in [-0.05, 0) is 49.4 Å². The Bertz CT molecular complexity index is 993. The highest BCUT2D eigenvalue weighted by Crippen LogP contribution is 2.29. The summed E-state index contributed by atoms with van der Waals surface area (Å²) in [5, 5.41) is 5.30. The van der Waals surface area contributed by atoms with Gasteiger partial charge in [0.15, 0.2) is 5.16 Å². The summed E-state index contributed by atoms with van der Waals surface area (Å²) < 4.78 is 1.98. The number of nitrogens with two attached hydrogens (primary N) is 1. The third kappa shape index (κ3) is 4.06. The Labute approximate surface area is 165 Å². The van der Waals surface area contributed by atoms with E-state index in [0.717, 1.165) is 10.8 Å². The van der Waals surface area contributed by atoms with Gasteiger partial charge in [0.25, 0.3) is 5.91 Å². The zero-order chi connectivity index (χ0) is 19.6. The molecular formula is C19H20N4O2S2. The molecule has 0 aliphatic heterocycles. The van der Waals surface area contributed by atoms with E-state index < -0.39 is 11.2 Å². The fraction of sp³-hybridized carbons (Fsp3) is 0.211. The number of aromatic nitrogens is 2. The number of anilines is 1. The SMILES string of the molecule is Cc1cccc(-n2ccnc2S[C@H](C)C(=O)Nc2sccc2C(N)=O)c1C. The van der Waals surface area contributed by atoms with Gasteiger partial charge in [0.2, 0.25) is 5.91 Å². The van der Waals surface area contributed by atoms with Crippen LogP contribution in [0.1, 0.15) is 28.4 Å². The molecule has 2 aromatic heterocycles. The van der Waals surface area contributed by atoms with Gasteiger partial charge in [-0.3, -0.25) is 14.2 Å². The summed E-state index contributed by atoms with van der Waals surface area (Å²) in [7, 11) is 0. The van der Waals surface area contributed by atoms with Crippen LogP contribution in [0.15, 0.2) is 47.2 Å². The normalized spacial score (nSPS) is 12.0. The molecule has 140 valence electrons. The first kappa shape index (κ1) is 19.2. The Kier molecular flexibility index (Phi) is 5.67. The van der Waals surface area contributed by atoms with Crippen LogP contribution in [0.5, 0.6) is 0 Å². The van der Waals surface area contributed by atoms with Gasteiger partial charge in [0.05, 0.1) is 16.5 Å². The van der Waals surface area contributed by atoms with Crippen LogP contribution in [0.2, 0.25) is 0 Å². The molecule has 0 bridgehead atoms. The van der Waals surface area contributed by atoms with Crippen molar-refractivity contribution in [1.29, 1.82) is 0 Å². The van der Waals surface area contributed by atoms with Crippen molar-refractivity contribution in [2.24, 2.45) is 5.73 Å². The number of primary amides is 1. The van der Waals surface area contributed by atoms with Crippen LogP contribution in [-0.2, 0) is 4.79 Å². The first-order chi connectivity index (χ1) is 12.9. The van der Waals surface area contributed by atoms with Crippen LogP contribution in [0, 0.1) is 13.8 Å². The van der Waals surface area contributed by atoms with Crippen molar-refractivity contribution in [1.82, 2.24) is 9.55 Å². The molecule has 3 N–H and O–H groups in total. The van der Waals surface area contributed by atoms with E-state index in [1.54, 1.807) is 24.6 Å². The number of benzene rings is 1. The molecule has 0 unspecified atom stereocenters. The largest absolute Gasteiger partial charge is 0.366 e. The van der Waals surface area contributed by atoms with E-state index >= 15 is 0 Å². The number of carbonyl (C=O) groups is 2. The first-order valence-corrected chi connectivity index (χ1v) is 10.1. The lowest BCUT2D eigenvalue weighted by Gasteiger charge is -2.15. The predicted molar refractivity (Wildman–Crippen MR) is 110 cm³/mol. The van der Waals surface area contributed by atoms with Crippen LogP contribution in [0.25, 0.3) is 5.69 Å². The number of aryl methyl sites for hydroxylation is 1. The molecule has 0 saturated heterocycles. The standard InChI is InChI=1S/C19H20N4O2S2/c1-11-5-4-6-15(12(11)2)23-9-8-21-19(23)27-13(3)17(25)22-18-14(16(20)24)7-10-26-18/h4-10,13H,1-3H3,(H2,20,24)(H,22,25)/t13-/m1/s1. The second kappa shape index (κ2) is 7.98. The second-order valence-electron chi connectivity index (χ2n) is 6.08. The van der Waals surface area contributed by atoms with Crippen molar-refractivity contribution in [2.75, 3.05) is 5.32 Å². The first-order valence-electron chi connectivity index (χ1n) is 8.33. The van der Waals surface area contributed by atoms with Crippen molar-refractivity contribution in [2.45, 2.75) is 31.2 Å². The molecule has 27 heavy (non-hydrogen) atoms. The van der Waals surface area contributed by atoms with Gasteiger partial charge in [0.1, 0.15) is 5.00 Å². The van der Waals surface area contributed by atoms with Crippen LogP contribution in [0.3, 0.4) is 0 Å². The number of nitrogens with one attached hydrogen (secondary N) is 1. The second-order valence-corrected chi connectivity index (χ2v) is 8.30. The van der Waals surface area contributed by atoms with Gasteiger partial charge in [-0.15, -0.1) is 11.3 Å². The maximum absolute atomic E-state index is 12.6. The highest BCUT2D eigenvalue weighted by molar-refractivity contribution is 8.00. The summed E-state index contributed by atoms with van der Waals surface area (Å²) >= 11 is 2.63. The minimum atomic E-state index is -0.558. The van der Waals surface area contributed by atoms with Gasteiger partial charge in [-0.1, -0.05) is 23.9 Å². The summed E-state index contributed by atoms with van der Waals surface area (Å²) in [6, 6.07) is 7.71. The summed E-state index contributed by atoms with van der Waals surface area (Å²) in [5.74, 6) is -0.766. The van der Waals surface area contributed by atoms with E-state index in [9.17, 15) is 9.59 Å². The minimum absolute atomic E-state index is 0.208. The molecule has 0 radical (unpaired) electrons. The molecule has 8 heteroatoms. The van der Waals surface area contributed by atoms with Gasteiger partial charge in [0, 0.05) is 12.4 Å². The summed E-state index contributed by atoms with van der Waals surface area (Å²) in [6.07, 6.45) is 3.61. The van der Waals surface area contributed by atoms with Crippen LogP contribution >= 0.6 is 23.1 Å². The fourth-order valence-corrected chi connectivity index (χ4v) is 4.25. The van der Waals surface area contributed by atoms with E-state index in [2.05, 4.69) is 30.2 Å². The molecular weight excluding hydrogens is 380 g/mol. The Morgan fingerprint density at radius 2 is 2.07 bits per heavy atom. The van der Waals surface area contributed by atoms with E-state index in [4.69, 9.17) is 5.73 Å². The Balaban J connectivity index is 1.77. The molecule has 0 aliphatic carbocycles. The quantitative estimate of drug-likeness (QED) is 0.616. The maximum Gasteiger partial charge on any atom is 0.251 e. The van der Waals surface area contributed by atoms with E-state index in [1.807, 2.05) is 22.9 Å². The molecule has 1 atom stereocenters. The van der Waals surface area contributed by atoms with E-state index in [-0.39, 0.29) is 5.91 Å². The minimum Gasteiger partial charge on any atom is -0.366 e. The number of thiophene rings is 1. The highest BCUT2D eigenvalue weighted by atomic mass is 32.2. The van der Waals surface area contributed by atoms with Gasteiger partial charge < -0.3 is 11.1 Å². The zero-order valence-electron chi connectivity index (χ0n) is 15.2. The van der Waals surface area contributed by atoms with Gasteiger partial charge >= 0.3 is 0 Å². The number of hydrogen-bond acceptors (Lipinski definition) is 5. The number of imidazole rings is 1. The summed E-state index contributed by atoms with van der Waals surface area (Å²) in [5.41, 5.74) is 9.05. The van der Waals surface area contributed by atoms with Crippen molar-refractivity contribution in [3.8, 4) is 5.69 Å². The number of nitrogens with zero attached hydrogens (tertiary/aromatic N) is 2. The Morgan fingerprint density at radius 3 is 2.81 bits per heavy atom. The molecule has 2 heterocycles.